The maximum atomic E-state index is 12.6. The number of carboxylic acid groups (broad SMARTS) is 1. The van der Waals surface area contributed by atoms with Gasteiger partial charge in [-0.05, 0) is 35.9 Å². The Balaban J connectivity index is 1.86. The predicted octanol–water partition coefficient (Wildman–Crippen LogP) is 1.62. The molecule has 27 heavy (non-hydrogen) atoms. The smallest absolute Gasteiger partial charge is 0.341 e. The normalized spacial score (nSPS) is 15.0. The standard InChI is InChI=1S/C19H16N2O6/c1-26-16-10-12(7-8-15(16)27-11-17(22)23)9-14-18(24)20-21(19(14)25)13-5-3-2-4-6-13/h2-10H,11H2,1H3,(H,20,24)(H,22,23)/b14-9+. The number of carbonyl (C=O) groups excluding carboxylic acids is 2. The lowest BCUT2D eigenvalue weighted by Gasteiger charge is -2.13. The Hall–Kier alpha value is -3.81. The van der Waals surface area contributed by atoms with Crippen molar-refractivity contribution < 1.29 is 29.0 Å². The third kappa shape index (κ3) is 3.90. The van der Waals surface area contributed by atoms with E-state index in [0.717, 1.165) is 0 Å². The number of nitrogens with one attached hydrogen (secondary N) is 1. The number of hydrogen-bond acceptors (Lipinski definition) is 5. The summed E-state index contributed by atoms with van der Waals surface area (Å²) >= 11 is 0. The van der Waals surface area contributed by atoms with Gasteiger partial charge in [-0.25, -0.2) is 9.80 Å². The Kier molecular flexibility index (Phi) is 5.07. The van der Waals surface area contributed by atoms with Crippen LogP contribution in [0.3, 0.4) is 0 Å². The van der Waals surface area contributed by atoms with E-state index in [1.165, 1.54) is 24.3 Å². The second kappa shape index (κ2) is 7.61. The molecule has 1 heterocycles. The number of amides is 2. The van der Waals surface area contributed by atoms with Crippen LogP contribution in [0.2, 0.25) is 0 Å². The monoisotopic (exact) mass is 368 g/mol. The van der Waals surface area contributed by atoms with Gasteiger partial charge < -0.3 is 14.6 Å². The van der Waals surface area contributed by atoms with Gasteiger partial charge in [0.25, 0.3) is 11.8 Å². The first-order valence-electron chi connectivity index (χ1n) is 7.94. The number of aliphatic carboxylic acids is 1. The number of rotatable bonds is 6. The molecule has 0 aromatic heterocycles. The molecule has 2 amide bonds. The van der Waals surface area contributed by atoms with E-state index >= 15 is 0 Å². The minimum atomic E-state index is -1.11. The second-order valence-corrected chi connectivity index (χ2v) is 5.57. The Bertz CT molecular complexity index is 923. The van der Waals surface area contributed by atoms with Gasteiger partial charge in [-0.2, -0.15) is 0 Å². The number of benzene rings is 2. The molecule has 0 atom stereocenters. The predicted molar refractivity (Wildman–Crippen MR) is 96.2 cm³/mol. The number of carboxylic acids is 1. The van der Waals surface area contributed by atoms with Crippen molar-refractivity contribution >= 4 is 29.5 Å². The van der Waals surface area contributed by atoms with E-state index in [0.29, 0.717) is 11.3 Å². The fraction of sp³-hybridized carbons (Fsp3) is 0.105. The number of para-hydroxylation sites is 1. The number of hydrazine groups is 1. The topological polar surface area (TPSA) is 105 Å². The van der Waals surface area contributed by atoms with Gasteiger partial charge in [0.2, 0.25) is 0 Å². The van der Waals surface area contributed by atoms with Crippen molar-refractivity contribution in [1.29, 1.82) is 0 Å². The minimum absolute atomic E-state index is 0.0277. The van der Waals surface area contributed by atoms with E-state index in [-0.39, 0.29) is 17.1 Å². The Labute approximate surface area is 154 Å². The molecule has 2 N–H and O–H groups in total. The minimum Gasteiger partial charge on any atom is -0.493 e. The molecular formula is C19H16N2O6. The number of carbonyl (C=O) groups is 3. The highest BCUT2D eigenvalue weighted by molar-refractivity contribution is 6.31. The van der Waals surface area contributed by atoms with E-state index in [9.17, 15) is 14.4 Å². The number of hydrogen-bond donors (Lipinski definition) is 2. The van der Waals surface area contributed by atoms with Gasteiger partial charge >= 0.3 is 5.97 Å². The molecule has 2 aromatic rings. The van der Waals surface area contributed by atoms with Crippen LogP contribution in [0.5, 0.6) is 11.5 Å². The number of anilines is 1. The average molecular weight is 368 g/mol. The molecule has 0 aliphatic carbocycles. The van der Waals surface area contributed by atoms with Gasteiger partial charge in [-0.15, -0.1) is 0 Å². The van der Waals surface area contributed by atoms with Gasteiger partial charge in [-0.3, -0.25) is 15.0 Å². The highest BCUT2D eigenvalue weighted by Gasteiger charge is 2.34. The first-order valence-corrected chi connectivity index (χ1v) is 7.94. The van der Waals surface area contributed by atoms with E-state index < -0.39 is 24.4 Å². The van der Waals surface area contributed by atoms with Gasteiger partial charge in [0, 0.05) is 0 Å². The molecule has 8 heteroatoms. The molecule has 0 bridgehead atoms. The first kappa shape index (κ1) is 18.0. The van der Waals surface area contributed by atoms with Crippen LogP contribution in [-0.4, -0.2) is 36.6 Å². The SMILES string of the molecule is COc1cc(/C=C2\C(=O)NN(c3ccccc3)C2=O)ccc1OCC(=O)O. The van der Waals surface area contributed by atoms with Crippen molar-refractivity contribution in [3.8, 4) is 11.5 Å². The molecule has 0 saturated carbocycles. The third-order valence-corrected chi connectivity index (χ3v) is 3.76. The maximum absolute atomic E-state index is 12.6. The largest absolute Gasteiger partial charge is 0.493 e. The van der Waals surface area contributed by atoms with E-state index in [2.05, 4.69) is 5.43 Å². The summed E-state index contributed by atoms with van der Waals surface area (Å²) < 4.78 is 10.3. The fourth-order valence-corrected chi connectivity index (χ4v) is 2.52. The summed E-state index contributed by atoms with van der Waals surface area (Å²) in [5, 5.41) is 9.87. The molecule has 1 fully saturated rings. The summed E-state index contributed by atoms with van der Waals surface area (Å²) in [4.78, 5) is 35.4. The zero-order valence-electron chi connectivity index (χ0n) is 14.3. The zero-order chi connectivity index (χ0) is 19.4. The maximum Gasteiger partial charge on any atom is 0.341 e. The van der Waals surface area contributed by atoms with Crippen LogP contribution in [0.4, 0.5) is 5.69 Å². The van der Waals surface area contributed by atoms with Crippen molar-refractivity contribution in [2.24, 2.45) is 0 Å². The van der Waals surface area contributed by atoms with E-state index in [1.54, 1.807) is 36.4 Å². The molecule has 2 aromatic carbocycles. The highest BCUT2D eigenvalue weighted by Crippen LogP contribution is 2.29. The van der Waals surface area contributed by atoms with Crippen molar-refractivity contribution in [3.05, 3.63) is 59.7 Å². The molecule has 0 spiro atoms. The number of methoxy groups -OCH3 is 1. The lowest BCUT2D eigenvalue weighted by atomic mass is 10.1. The molecule has 8 nitrogen and oxygen atoms in total. The van der Waals surface area contributed by atoms with Gasteiger partial charge in [0.15, 0.2) is 18.1 Å². The first-order chi connectivity index (χ1) is 13.0. The summed E-state index contributed by atoms with van der Waals surface area (Å²) in [6.07, 6.45) is 1.43. The fourth-order valence-electron chi connectivity index (χ4n) is 2.52. The highest BCUT2D eigenvalue weighted by atomic mass is 16.5. The van der Waals surface area contributed by atoms with Crippen molar-refractivity contribution in [2.45, 2.75) is 0 Å². The van der Waals surface area contributed by atoms with Crippen LogP contribution >= 0.6 is 0 Å². The Morgan fingerprint density at radius 3 is 2.56 bits per heavy atom. The van der Waals surface area contributed by atoms with Crippen LogP contribution in [0.15, 0.2) is 54.1 Å². The van der Waals surface area contributed by atoms with Crippen molar-refractivity contribution in [3.63, 3.8) is 0 Å². The summed E-state index contributed by atoms with van der Waals surface area (Å²) in [6.45, 7) is -0.510. The quantitative estimate of drug-likeness (QED) is 0.593. The van der Waals surface area contributed by atoms with Crippen LogP contribution in [0.1, 0.15) is 5.56 Å². The van der Waals surface area contributed by atoms with Crippen LogP contribution in [-0.2, 0) is 14.4 Å². The Morgan fingerprint density at radius 2 is 1.89 bits per heavy atom. The average Bonchev–Trinajstić information content (AvgIpc) is 2.95. The van der Waals surface area contributed by atoms with Crippen molar-refractivity contribution in [1.82, 2.24) is 5.43 Å². The second-order valence-electron chi connectivity index (χ2n) is 5.57. The summed E-state index contributed by atoms with van der Waals surface area (Å²) in [5.74, 6) is -1.57. The van der Waals surface area contributed by atoms with Gasteiger partial charge in [0.1, 0.15) is 5.57 Å². The zero-order valence-corrected chi connectivity index (χ0v) is 14.3. The van der Waals surface area contributed by atoms with E-state index in [1.807, 2.05) is 6.07 Å². The van der Waals surface area contributed by atoms with Crippen LogP contribution in [0, 0.1) is 0 Å². The molecule has 1 aliphatic rings. The molecule has 3 rings (SSSR count). The van der Waals surface area contributed by atoms with Gasteiger partial charge in [0.05, 0.1) is 12.8 Å². The summed E-state index contributed by atoms with van der Waals surface area (Å²) in [7, 11) is 1.41. The van der Waals surface area contributed by atoms with Crippen LogP contribution < -0.4 is 19.9 Å². The molecule has 0 radical (unpaired) electrons. The molecule has 138 valence electrons. The third-order valence-electron chi connectivity index (χ3n) is 3.76. The number of nitrogens with zero attached hydrogens (tertiary/aromatic N) is 1. The summed E-state index contributed by atoms with van der Waals surface area (Å²) in [5.41, 5.74) is 3.57. The molecule has 1 saturated heterocycles. The molecule has 1 aliphatic heterocycles. The van der Waals surface area contributed by atoms with Crippen LogP contribution in [0.25, 0.3) is 6.08 Å². The molecule has 0 unspecified atom stereocenters. The summed E-state index contributed by atoms with van der Waals surface area (Å²) in [6, 6.07) is 13.4. The van der Waals surface area contributed by atoms with Crippen molar-refractivity contribution in [2.75, 3.05) is 18.7 Å². The van der Waals surface area contributed by atoms with Gasteiger partial charge in [-0.1, -0.05) is 24.3 Å². The van der Waals surface area contributed by atoms with E-state index in [4.69, 9.17) is 14.6 Å². The lowest BCUT2D eigenvalue weighted by molar-refractivity contribution is -0.139. The number of ether oxygens (including phenoxy) is 2. The molecular weight excluding hydrogens is 352 g/mol. The lowest BCUT2D eigenvalue weighted by Crippen LogP contribution is -2.35. The Morgan fingerprint density at radius 1 is 1.15 bits per heavy atom.